The van der Waals surface area contributed by atoms with Gasteiger partial charge in [0.25, 0.3) is 5.91 Å². The summed E-state index contributed by atoms with van der Waals surface area (Å²) in [5.74, 6) is 1.43. The molecule has 6 nitrogen and oxygen atoms in total. The van der Waals surface area contributed by atoms with Gasteiger partial charge in [-0.2, -0.15) is 0 Å². The summed E-state index contributed by atoms with van der Waals surface area (Å²) in [6.07, 6.45) is 0. The Labute approximate surface area is 177 Å². The van der Waals surface area contributed by atoms with Crippen LogP contribution in [0.1, 0.15) is 27.4 Å². The first-order valence-electron chi connectivity index (χ1n) is 9.22. The van der Waals surface area contributed by atoms with Crippen molar-refractivity contribution >= 4 is 40.6 Å². The summed E-state index contributed by atoms with van der Waals surface area (Å²) in [4.78, 5) is 32.9. The molecule has 29 heavy (non-hydrogen) atoms. The van der Waals surface area contributed by atoms with Crippen LogP contribution in [-0.4, -0.2) is 39.4 Å². The van der Waals surface area contributed by atoms with Crippen molar-refractivity contribution in [1.82, 2.24) is 9.88 Å². The SMILES string of the molecule is Cc1ccc(NC(=O)C2CSCN2C(=O)c2nc(-c3cccs3)oc2C)cc1C. The van der Waals surface area contributed by atoms with E-state index in [0.29, 0.717) is 23.3 Å². The van der Waals surface area contributed by atoms with Crippen LogP contribution in [0.3, 0.4) is 0 Å². The van der Waals surface area contributed by atoms with Gasteiger partial charge in [-0.25, -0.2) is 4.98 Å². The zero-order chi connectivity index (χ0) is 20.5. The number of nitrogens with zero attached hydrogens (tertiary/aromatic N) is 2. The first-order chi connectivity index (χ1) is 13.9. The summed E-state index contributed by atoms with van der Waals surface area (Å²) in [7, 11) is 0. The van der Waals surface area contributed by atoms with Crippen LogP contribution in [0.25, 0.3) is 10.8 Å². The normalized spacial score (nSPS) is 16.2. The van der Waals surface area contributed by atoms with E-state index in [9.17, 15) is 9.59 Å². The van der Waals surface area contributed by atoms with Gasteiger partial charge in [-0.3, -0.25) is 9.59 Å². The van der Waals surface area contributed by atoms with Crippen LogP contribution < -0.4 is 5.32 Å². The number of nitrogens with one attached hydrogen (secondary N) is 1. The van der Waals surface area contributed by atoms with E-state index in [4.69, 9.17) is 4.42 Å². The highest BCUT2D eigenvalue weighted by Crippen LogP contribution is 2.29. The Kier molecular flexibility index (Phi) is 5.47. The van der Waals surface area contributed by atoms with Gasteiger partial charge in [0.2, 0.25) is 11.8 Å². The van der Waals surface area contributed by atoms with Gasteiger partial charge in [-0.15, -0.1) is 23.1 Å². The maximum Gasteiger partial charge on any atom is 0.277 e. The second-order valence-electron chi connectivity index (χ2n) is 6.98. The first-order valence-corrected chi connectivity index (χ1v) is 11.3. The number of thiophene rings is 1. The Morgan fingerprint density at radius 3 is 2.76 bits per heavy atom. The lowest BCUT2D eigenvalue weighted by molar-refractivity contribution is -0.119. The van der Waals surface area contributed by atoms with Crippen molar-refractivity contribution in [2.24, 2.45) is 0 Å². The Hall–Kier alpha value is -2.58. The number of oxazole rings is 1. The van der Waals surface area contributed by atoms with Crippen LogP contribution in [0.15, 0.2) is 40.1 Å². The topological polar surface area (TPSA) is 75.4 Å². The number of aryl methyl sites for hydroxylation is 3. The zero-order valence-electron chi connectivity index (χ0n) is 16.4. The minimum absolute atomic E-state index is 0.189. The summed E-state index contributed by atoms with van der Waals surface area (Å²) in [6.45, 7) is 5.76. The predicted octanol–water partition coefficient (Wildman–Crippen LogP) is 4.48. The number of amides is 2. The maximum absolute atomic E-state index is 13.1. The van der Waals surface area contributed by atoms with Gasteiger partial charge < -0.3 is 14.6 Å². The third-order valence-electron chi connectivity index (χ3n) is 4.95. The molecule has 0 spiro atoms. The molecule has 2 amide bonds. The summed E-state index contributed by atoms with van der Waals surface area (Å²) < 4.78 is 5.70. The highest BCUT2D eigenvalue weighted by atomic mass is 32.2. The quantitative estimate of drug-likeness (QED) is 0.664. The van der Waals surface area contributed by atoms with Gasteiger partial charge in [-0.05, 0) is 55.5 Å². The van der Waals surface area contributed by atoms with Crippen LogP contribution in [0.5, 0.6) is 0 Å². The van der Waals surface area contributed by atoms with E-state index in [-0.39, 0.29) is 17.5 Å². The monoisotopic (exact) mass is 427 g/mol. The lowest BCUT2D eigenvalue weighted by atomic mass is 10.1. The molecule has 0 radical (unpaired) electrons. The molecule has 4 rings (SSSR count). The fourth-order valence-corrected chi connectivity index (χ4v) is 4.94. The van der Waals surface area contributed by atoms with Crippen LogP contribution in [-0.2, 0) is 4.79 Å². The molecular weight excluding hydrogens is 406 g/mol. The molecule has 0 bridgehead atoms. The van der Waals surface area contributed by atoms with Crippen molar-refractivity contribution in [2.45, 2.75) is 26.8 Å². The van der Waals surface area contributed by atoms with E-state index in [1.54, 1.807) is 23.6 Å². The van der Waals surface area contributed by atoms with Gasteiger partial charge >= 0.3 is 0 Å². The minimum Gasteiger partial charge on any atom is -0.440 e. The Morgan fingerprint density at radius 2 is 2.03 bits per heavy atom. The maximum atomic E-state index is 13.1. The number of thioether (sulfide) groups is 1. The number of carbonyl (C=O) groups is 2. The van der Waals surface area contributed by atoms with Gasteiger partial charge in [0.15, 0.2) is 5.69 Å². The second kappa shape index (κ2) is 8.04. The molecule has 0 aliphatic carbocycles. The van der Waals surface area contributed by atoms with E-state index < -0.39 is 6.04 Å². The fraction of sp³-hybridized carbons (Fsp3) is 0.286. The molecule has 1 aliphatic heterocycles. The van der Waals surface area contributed by atoms with Crippen LogP contribution in [0.4, 0.5) is 5.69 Å². The number of carbonyl (C=O) groups excluding carboxylic acids is 2. The molecule has 1 atom stereocenters. The first kappa shape index (κ1) is 19.7. The number of rotatable bonds is 4. The lowest BCUT2D eigenvalue weighted by Crippen LogP contribution is -2.44. The standard InChI is InChI=1S/C21H21N3O3S2/c1-12-6-7-15(9-13(12)2)22-19(25)16-10-28-11-24(16)21(26)18-14(3)27-20(23-18)17-5-4-8-29-17/h4-9,16H,10-11H2,1-3H3,(H,22,25). The molecule has 1 saturated heterocycles. The molecule has 1 aliphatic rings. The molecule has 1 N–H and O–H groups in total. The average Bonchev–Trinajstić information content (AvgIpc) is 3.44. The number of hydrogen-bond acceptors (Lipinski definition) is 6. The fourth-order valence-electron chi connectivity index (χ4n) is 3.14. The average molecular weight is 428 g/mol. The van der Waals surface area contributed by atoms with Gasteiger partial charge in [0.05, 0.1) is 10.8 Å². The predicted molar refractivity (Wildman–Crippen MR) is 116 cm³/mol. The van der Waals surface area contributed by atoms with Gasteiger partial charge in [0.1, 0.15) is 11.8 Å². The summed E-state index contributed by atoms with van der Waals surface area (Å²) in [5, 5.41) is 4.87. The van der Waals surface area contributed by atoms with E-state index >= 15 is 0 Å². The zero-order valence-corrected chi connectivity index (χ0v) is 18.0. The largest absolute Gasteiger partial charge is 0.440 e. The summed E-state index contributed by atoms with van der Waals surface area (Å²) in [5.41, 5.74) is 3.27. The van der Waals surface area contributed by atoms with Crippen molar-refractivity contribution in [3.63, 3.8) is 0 Å². The summed E-state index contributed by atoms with van der Waals surface area (Å²) in [6, 6.07) is 9.05. The van der Waals surface area contributed by atoms with Crippen molar-refractivity contribution in [3.05, 3.63) is 58.3 Å². The van der Waals surface area contributed by atoms with E-state index in [0.717, 1.165) is 16.1 Å². The molecule has 1 unspecified atom stereocenters. The molecule has 150 valence electrons. The number of anilines is 1. The Morgan fingerprint density at radius 1 is 1.21 bits per heavy atom. The van der Waals surface area contributed by atoms with Crippen LogP contribution in [0, 0.1) is 20.8 Å². The van der Waals surface area contributed by atoms with E-state index in [1.165, 1.54) is 16.9 Å². The third-order valence-corrected chi connectivity index (χ3v) is 6.82. The highest BCUT2D eigenvalue weighted by molar-refractivity contribution is 7.99. The number of benzene rings is 1. The number of aromatic nitrogens is 1. The van der Waals surface area contributed by atoms with Gasteiger partial charge in [-0.1, -0.05) is 12.1 Å². The molecule has 3 heterocycles. The molecule has 8 heteroatoms. The smallest absolute Gasteiger partial charge is 0.277 e. The summed E-state index contributed by atoms with van der Waals surface area (Å²) >= 11 is 3.06. The van der Waals surface area contributed by atoms with Crippen LogP contribution >= 0.6 is 23.1 Å². The lowest BCUT2D eigenvalue weighted by Gasteiger charge is -2.22. The molecule has 3 aromatic rings. The van der Waals surface area contributed by atoms with Crippen molar-refractivity contribution in [3.8, 4) is 10.8 Å². The van der Waals surface area contributed by atoms with E-state index in [1.807, 2.05) is 49.6 Å². The second-order valence-corrected chi connectivity index (χ2v) is 8.93. The molecule has 1 fully saturated rings. The molecule has 0 saturated carbocycles. The van der Waals surface area contributed by atoms with Crippen molar-refractivity contribution in [2.75, 3.05) is 16.9 Å². The number of hydrogen-bond donors (Lipinski definition) is 1. The minimum atomic E-state index is -0.546. The highest BCUT2D eigenvalue weighted by Gasteiger charge is 2.37. The Balaban J connectivity index is 1.52. The van der Waals surface area contributed by atoms with Crippen LogP contribution in [0.2, 0.25) is 0 Å². The van der Waals surface area contributed by atoms with Crippen molar-refractivity contribution in [1.29, 1.82) is 0 Å². The molecular formula is C21H21N3O3S2. The third kappa shape index (κ3) is 3.95. The molecule has 1 aromatic carbocycles. The molecule has 2 aromatic heterocycles. The van der Waals surface area contributed by atoms with Crippen molar-refractivity contribution < 1.29 is 14.0 Å². The Bertz CT molecular complexity index is 1060. The van der Waals surface area contributed by atoms with Gasteiger partial charge in [0, 0.05) is 11.4 Å². The van der Waals surface area contributed by atoms with E-state index in [2.05, 4.69) is 10.3 Å².